The van der Waals surface area contributed by atoms with Crippen molar-refractivity contribution < 1.29 is 4.79 Å². The molecular weight excluding hydrogens is 308 g/mol. The smallest absolute Gasteiger partial charge is 0.159 e. The van der Waals surface area contributed by atoms with Crippen LogP contribution < -0.4 is 0 Å². The number of benzene rings is 2. The van der Waals surface area contributed by atoms with Gasteiger partial charge in [0.2, 0.25) is 0 Å². The molecule has 0 amide bonds. The summed E-state index contributed by atoms with van der Waals surface area (Å²) in [6, 6.07) is 22.5. The van der Waals surface area contributed by atoms with E-state index in [0.29, 0.717) is 0 Å². The molecule has 0 saturated heterocycles. The maximum Gasteiger partial charge on any atom is 0.159 e. The van der Waals surface area contributed by atoms with E-state index in [2.05, 4.69) is 68.9 Å². The molecule has 2 rings (SSSR count). The summed E-state index contributed by atoms with van der Waals surface area (Å²) in [7, 11) is -1.41. The molecule has 24 heavy (non-hydrogen) atoms. The highest BCUT2D eigenvalue weighted by atomic mass is 28.3. The summed E-state index contributed by atoms with van der Waals surface area (Å²) in [5.74, 6) is 0.117. The van der Waals surface area contributed by atoms with Crippen molar-refractivity contribution in [3.8, 4) is 0 Å². The number of carbonyl (C=O) groups is 1. The number of ketones is 1. The van der Waals surface area contributed by atoms with Crippen molar-refractivity contribution in [2.24, 2.45) is 0 Å². The van der Waals surface area contributed by atoms with Gasteiger partial charge in [0.1, 0.15) is 0 Å². The molecule has 2 aromatic carbocycles. The lowest BCUT2D eigenvalue weighted by atomic mass is 9.98. The number of rotatable bonds is 7. The Morgan fingerprint density at radius 3 is 1.71 bits per heavy atom. The molecule has 0 N–H and O–H groups in total. The van der Waals surface area contributed by atoms with Gasteiger partial charge in [0.25, 0.3) is 0 Å². The van der Waals surface area contributed by atoms with E-state index in [9.17, 15) is 4.79 Å². The van der Waals surface area contributed by atoms with Crippen LogP contribution in [0.15, 0.2) is 60.3 Å². The van der Waals surface area contributed by atoms with E-state index in [1.54, 1.807) is 6.92 Å². The summed E-state index contributed by atoms with van der Waals surface area (Å²) in [5, 5.41) is 0. The first-order chi connectivity index (χ1) is 11.5. The highest BCUT2D eigenvalue weighted by Gasteiger charge is 2.25. The Balaban J connectivity index is 2.57. The molecule has 0 unspecified atom stereocenters. The summed E-state index contributed by atoms with van der Waals surface area (Å²) < 4.78 is 0. The minimum absolute atomic E-state index is 0.117. The molecule has 2 heteroatoms. The number of hydrogen-bond donors (Lipinski definition) is 0. The predicted octanol–water partition coefficient (Wildman–Crippen LogP) is 6.37. The average Bonchev–Trinajstić information content (AvgIpc) is 2.64. The van der Waals surface area contributed by atoms with Crippen molar-refractivity contribution in [2.45, 2.75) is 45.8 Å². The monoisotopic (exact) mass is 336 g/mol. The van der Waals surface area contributed by atoms with E-state index in [-0.39, 0.29) is 5.78 Å². The first-order valence-electron chi connectivity index (χ1n) is 8.95. The van der Waals surface area contributed by atoms with Crippen LogP contribution in [0.2, 0.25) is 18.1 Å². The molecule has 0 bridgehead atoms. The van der Waals surface area contributed by atoms with Crippen LogP contribution >= 0.6 is 0 Å². The van der Waals surface area contributed by atoms with Crippen molar-refractivity contribution in [3.63, 3.8) is 0 Å². The molecular formula is C22H28OSi. The average molecular weight is 337 g/mol. The normalized spacial score (nSPS) is 12.2. The van der Waals surface area contributed by atoms with Gasteiger partial charge in [-0.15, -0.1) is 0 Å². The summed E-state index contributed by atoms with van der Waals surface area (Å²) in [6.45, 7) is 8.61. The molecule has 0 aliphatic carbocycles. The number of carbonyl (C=O) groups excluding carboxylic acids is 1. The van der Waals surface area contributed by atoms with Gasteiger partial charge in [-0.3, -0.25) is 4.79 Å². The summed E-state index contributed by atoms with van der Waals surface area (Å²) in [5.41, 5.74) is 7.16. The summed E-state index contributed by atoms with van der Waals surface area (Å²) in [4.78, 5) is 11.6. The van der Waals surface area contributed by atoms with Crippen LogP contribution in [0.4, 0.5) is 0 Å². The summed E-state index contributed by atoms with van der Waals surface area (Å²) >= 11 is 0. The Labute approximate surface area is 147 Å². The Morgan fingerprint density at radius 2 is 1.25 bits per heavy atom. The molecule has 0 atom stereocenters. The van der Waals surface area contributed by atoms with Gasteiger partial charge in [-0.1, -0.05) is 99.2 Å². The zero-order valence-electron chi connectivity index (χ0n) is 15.3. The molecule has 0 radical (unpaired) electrons. The molecule has 0 aromatic heterocycles. The maximum atomic E-state index is 11.6. The Bertz CT molecular complexity index is 686. The van der Waals surface area contributed by atoms with E-state index in [1.165, 1.54) is 34.8 Å². The van der Waals surface area contributed by atoms with Crippen LogP contribution in [-0.4, -0.2) is 13.9 Å². The molecule has 126 valence electrons. The molecule has 0 spiro atoms. The van der Waals surface area contributed by atoms with Crippen molar-refractivity contribution in [1.29, 1.82) is 0 Å². The van der Waals surface area contributed by atoms with Crippen molar-refractivity contribution in [2.75, 3.05) is 0 Å². The van der Waals surface area contributed by atoms with Gasteiger partial charge >= 0.3 is 0 Å². The third-order valence-corrected chi connectivity index (χ3v) is 10.4. The van der Waals surface area contributed by atoms with Gasteiger partial charge in [0.15, 0.2) is 5.78 Å². The molecule has 0 saturated carbocycles. The second kappa shape index (κ2) is 8.25. The fourth-order valence-electron chi connectivity index (χ4n) is 3.20. The maximum absolute atomic E-state index is 11.6. The summed E-state index contributed by atoms with van der Waals surface area (Å²) in [6.07, 6.45) is 0. The third kappa shape index (κ3) is 4.12. The van der Waals surface area contributed by atoms with Gasteiger partial charge in [0.05, 0.1) is 8.07 Å². The lowest BCUT2D eigenvalue weighted by Gasteiger charge is -2.26. The van der Waals surface area contributed by atoms with Gasteiger partial charge in [-0.2, -0.15) is 0 Å². The number of hydrogen-bond acceptors (Lipinski definition) is 1. The molecule has 0 heterocycles. The van der Waals surface area contributed by atoms with Crippen LogP contribution in [-0.2, 0) is 0 Å². The topological polar surface area (TPSA) is 17.1 Å². The largest absolute Gasteiger partial charge is 0.295 e. The van der Waals surface area contributed by atoms with Crippen LogP contribution in [0.1, 0.15) is 49.2 Å². The predicted molar refractivity (Wildman–Crippen MR) is 107 cm³/mol. The second-order valence-corrected chi connectivity index (χ2v) is 11.6. The fourth-order valence-corrected chi connectivity index (χ4v) is 6.26. The highest BCUT2D eigenvalue weighted by molar-refractivity contribution is 6.85. The third-order valence-electron chi connectivity index (χ3n) is 5.25. The van der Waals surface area contributed by atoms with E-state index < -0.39 is 8.07 Å². The molecule has 0 fully saturated rings. The van der Waals surface area contributed by atoms with Crippen LogP contribution in [0.25, 0.3) is 5.57 Å². The highest BCUT2D eigenvalue weighted by Crippen LogP contribution is 2.31. The van der Waals surface area contributed by atoms with Crippen molar-refractivity contribution in [3.05, 3.63) is 77.0 Å². The van der Waals surface area contributed by atoms with Crippen molar-refractivity contribution >= 4 is 19.4 Å². The van der Waals surface area contributed by atoms with Gasteiger partial charge in [-0.25, -0.2) is 0 Å². The van der Waals surface area contributed by atoms with Crippen LogP contribution in [0.3, 0.4) is 0 Å². The Kier molecular flexibility index (Phi) is 6.33. The van der Waals surface area contributed by atoms with Gasteiger partial charge in [-0.05, 0) is 23.6 Å². The van der Waals surface area contributed by atoms with E-state index in [1.807, 2.05) is 12.1 Å². The zero-order valence-corrected chi connectivity index (χ0v) is 16.3. The number of Topliss-reactive ketones (excluding diaryl/α,β-unsaturated/α-hetero) is 1. The lowest BCUT2D eigenvalue weighted by Crippen LogP contribution is -2.29. The minimum Gasteiger partial charge on any atom is -0.295 e. The van der Waals surface area contributed by atoms with Crippen LogP contribution in [0, 0.1) is 0 Å². The van der Waals surface area contributed by atoms with Gasteiger partial charge < -0.3 is 0 Å². The second-order valence-electron chi connectivity index (χ2n) is 6.48. The Hall–Kier alpha value is -1.93. The van der Waals surface area contributed by atoms with Crippen LogP contribution in [0.5, 0.6) is 0 Å². The molecule has 1 nitrogen and oxygen atoms in total. The van der Waals surface area contributed by atoms with Crippen molar-refractivity contribution in [1.82, 2.24) is 0 Å². The first-order valence-corrected chi connectivity index (χ1v) is 11.6. The lowest BCUT2D eigenvalue weighted by molar-refractivity contribution is 0.101. The van der Waals surface area contributed by atoms with Gasteiger partial charge in [0, 0.05) is 5.56 Å². The minimum atomic E-state index is -1.41. The molecule has 2 aromatic rings. The first kappa shape index (κ1) is 18.4. The Morgan fingerprint density at radius 1 is 0.792 bits per heavy atom. The van der Waals surface area contributed by atoms with E-state index >= 15 is 0 Å². The van der Waals surface area contributed by atoms with E-state index in [0.717, 1.165) is 5.56 Å². The standard InChI is InChI=1S/C22H28OSi/c1-5-24(6-2,7-3)17-22(20-11-9-8-10-12-20)21-15-13-19(14-16-21)18(4)23/h8-17H,5-7H2,1-4H3/b22-17+. The van der Waals surface area contributed by atoms with E-state index in [4.69, 9.17) is 0 Å². The SMILES string of the molecule is CC[Si](/C=C(\c1ccccc1)c1ccc(C(C)=O)cc1)(CC)CC. The molecule has 0 aliphatic rings. The zero-order chi connectivity index (χ0) is 17.6. The quantitative estimate of drug-likeness (QED) is 0.424. The fraction of sp³-hybridized carbons (Fsp3) is 0.318. The molecule has 0 aliphatic heterocycles.